The molecule has 0 saturated carbocycles. The molecule has 4 nitrogen and oxygen atoms in total. The van der Waals surface area contributed by atoms with Gasteiger partial charge >= 0.3 is 0 Å². The van der Waals surface area contributed by atoms with Crippen LogP contribution >= 0.6 is 22.6 Å². The van der Waals surface area contributed by atoms with E-state index >= 15 is 0 Å². The molecule has 0 saturated heterocycles. The van der Waals surface area contributed by atoms with Gasteiger partial charge in [-0.15, -0.1) is 0 Å². The van der Waals surface area contributed by atoms with Gasteiger partial charge in [-0.3, -0.25) is 4.79 Å². The fourth-order valence-electron chi connectivity index (χ4n) is 1.24. The largest absolute Gasteiger partial charge is 0.439 e. The first-order valence-corrected chi connectivity index (χ1v) is 5.92. The Balaban J connectivity index is 2.16. The molecule has 17 heavy (non-hydrogen) atoms. The van der Waals surface area contributed by atoms with E-state index in [4.69, 9.17) is 10.5 Å². The molecule has 0 atom stereocenters. The van der Waals surface area contributed by atoms with Gasteiger partial charge in [0.1, 0.15) is 5.75 Å². The highest BCUT2D eigenvalue weighted by Crippen LogP contribution is 2.21. The Morgan fingerprint density at radius 1 is 1.29 bits per heavy atom. The maximum Gasteiger partial charge on any atom is 0.250 e. The van der Waals surface area contributed by atoms with E-state index in [0.29, 0.717) is 17.2 Å². The number of nitrogens with zero attached hydrogens (tertiary/aromatic N) is 1. The molecule has 86 valence electrons. The molecule has 0 unspecified atom stereocenters. The number of hydrogen-bond donors (Lipinski definition) is 1. The van der Waals surface area contributed by atoms with E-state index in [1.807, 2.05) is 24.3 Å². The second-order valence-electron chi connectivity index (χ2n) is 3.31. The third-order valence-corrected chi connectivity index (χ3v) is 2.71. The van der Waals surface area contributed by atoms with Crippen molar-refractivity contribution in [2.45, 2.75) is 0 Å². The second-order valence-corrected chi connectivity index (χ2v) is 4.55. The smallest absolute Gasteiger partial charge is 0.250 e. The molecule has 2 N–H and O–H groups in total. The van der Waals surface area contributed by atoms with Crippen molar-refractivity contribution in [2.75, 3.05) is 0 Å². The van der Waals surface area contributed by atoms with Crippen LogP contribution < -0.4 is 10.5 Å². The number of nitrogens with two attached hydrogens (primary N) is 1. The fourth-order valence-corrected chi connectivity index (χ4v) is 1.75. The third kappa shape index (κ3) is 3.16. The molecule has 2 rings (SSSR count). The molecule has 0 radical (unpaired) electrons. The molecule has 1 amide bonds. The Labute approximate surface area is 112 Å². The predicted molar refractivity (Wildman–Crippen MR) is 72.0 cm³/mol. The number of primary amides is 1. The van der Waals surface area contributed by atoms with Gasteiger partial charge in [0.05, 0.1) is 5.56 Å². The van der Waals surface area contributed by atoms with Gasteiger partial charge in [0, 0.05) is 15.8 Å². The number of pyridine rings is 1. The van der Waals surface area contributed by atoms with Crippen LogP contribution in [0.25, 0.3) is 0 Å². The van der Waals surface area contributed by atoms with E-state index in [2.05, 4.69) is 27.6 Å². The van der Waals surface area contributed by atoms with Crippen LogP contribution in [0.5, 0.6) is 11.6 Å². The van der Waals surface area contributed by atoms with Crippen LogP contribution in [0.3, 0.4) is 0 Å². The number of amides is 1. The van der Waals surface area contributed by atoms with E-state index in [1.54, 1.807) is 12.1 Å². The first-order valence-electron chi connectivity index (χ1n) is 4.84. The lowest BCUT2D eigenvalue weighted by atomic mass is 10.3. The zero-order chi connectivity index (χ0) is 12.3. The van der Waals surface area contributed by atoms with Crippen LogP contribution in [0.1, 0.15) is 10.4 Å². The summed E-state index contributed by atoms with van der Waals surface area (Å²) in [6.07, 6.45) is 1.39. The third-order valence-electron chi connectivity index (χ3n) is 2.04. The van der Waals surface area contributed by atoms with Gasteiger partial charge in [-0.1, -0.05) is 6.07 Å². The van der Waals surface area contributed by atoms with Crippen molar-refractivity contribution in [3.05, 3.63) is 51.7 Å². The molecule has 0 aliphatic carbocycles. The maximum absolute atomic E-state index is 10.9. The first-order chi connectivity index (χ1) is 8.15. The summed E-state index contributed by atoms with van der Waals surface area (Å²) in [7, 11) is 0. The Morgan fingerprint density at radius 2 is 2.12 bits per heavy atom. The lowest BCUT2D eigenvalue weighted by Gasteiger charge is -2.04. The average molecular weight is 340 g/mol. The van der Waals surface area contributed by atoms with E-state index in [1.165, 1.54) is 6.20 Å². The van der Waals surface area contributed by atoms with Crippen molar-refractivity contribution < 1.29 is 9.53 Å². The average Bonchev–Trinajstić information content (AvgIpc) is 2.29. The summed E-state index contributed by atoms with van der Waals surface area (Å²) in [6.45, 7) is 0. The van der Waals surface area contributed by atoms with Crippen LogP contribution in [0, 0.1) is 3.57 Å². The summed E-state index contributed by atoms with van der Waals surface area (Å²) in [4.78, 5) is 14.9. The predicted octanol–water partition coefficient (Wildman–Crippen LogP) is 2.58. The molecule has 0 aliphatic rings. The Bertz CT molecular complexity index is 540. The lowest BCUT2D eigenvalue weighted by molar-refractivity contribution is 0.1000. The van der Waals surface area contributed by atoms with Gasteiger partial charge in [0.25, 0.3) is 0 Å². The van der Waals surface area contributed by atoms with Crippen LogP contribution in [0.2, 0.25) is 0 Å². The number of benzene rings is 1. The topological polar surface area (TPSA) is 65.2 Å². The molecular formula is C12H9IN2O2. The molecule has 2 aromatic rings. The minimum Gasteiger partial charge on any atom is -0.439 e. The SMILES string of the molecule is NC(=O)c1ccc(Oc2cccc(I)c2)nc1. The Hall–Kier alpha value is -1.63. The Kier molecular flexibility index (Phi) is 3.58. The van der Waals surface area contributed by atoms with Gasteiger partial charge < -0.3 is 10.5 Å². The number of rotatable bonds is 3. The molecule has 0 aliphatic heterocycles. The van der Waals surface area contributed by atoms with Crippen molar-refractivity contribution >= 4 is 28.5 Å². The van der Waals surface area contributed by atoms with Crippen molar-refractivity contribution in [2.24, 2.45) is 5.73 Å². The molecule has 5 heteroatoms. The minimum atomic E-state index is -0.502. The van der Waals surface area contributed by atoms with Gasteiger partial charge in [-0.2, -0.15) is 0 Å². The first kappa shape index (κ1) is 11.8. The van der Waals surface area contributed by atoms with Crippen molar-refractivity contribution in [1.82, 2.24) is 4.98 Å². The van der Waals surface area contributed by atoms with Crippen molar-refractivity contribution in [3.8, 4) is 11.6 Å². The molecule has 1 heterocycles. The quantitative estimate of drug-likeness (QED) is 0.874. The highest BCUT2D eigenvalue weighted by molar-refractivity contribution is 14.1. The summed E-state index contributed by atoms with van der Waals surface area (Å²) in [5, 5.41) is 0. The van der Waals surface area contributed by atoms with E-state index in [9.17, 15) is 4.79 Å². The van der Waals surface area contributed by atoms with Crippen molar-refractivity contribution in [1.29, 1.82) is 0 Å². The fraction of sp³-hybridized carbons (Fsp3) is 0. The molecular weight excluding hydrogens is 331 g/mol. The number of carbonyl (C=O) groups is 1. The standard InChI is InChI=1S/C12H9IN2O2/c13-9-2-1-3-10(6-9)17-11-5-4-8(7-15-11)12(14)16/h1-7H,(H2,14,16). The number of aromatic nitrogens is 1. The molecule has 0 bridgehead atoms. The van der Waals surface area contributed by atoms with Gasteiger partial charge in [-0.05, 0) is 46.9 Å². The summed E-state index contributed by atoms with van der Waals surface area (Å²) >= 11 is 2.20. The summed E-state index contributed by atoms with van der Waals surface area (Å²) in [5.41, 5.74) is 5.48. The summed E-state index contributed by atoms with van der Waals surface area (Å²) in [5.74, 6) is 0.631. The molecule has 1 aromatic heterocycles. The number of carbonyl (C=O) groups excluding carboxylic acids is 1. The van der Waals surface area contributed by atoms with Crippen LogP contribution in [0.15, 0.2) is 42.6 Å². The number of ether oxygens (including phenoxy) is 1. The molecule has 0 fully saturated rings. The van der Waals surface area contributed by atoms with E-state index < -0.39 is 5.91 Å². The summed E-state index contributed by atoms with van der Waals surface area (Å²) in [6, 6.07) is 10.8. The second kappa shape index (κ2) is 5.13. The van der Waals surface area contributed by atoms with Crippen molar-refractivity contribution in [3.63, 3.8) is 0 Å². The zero-order valence-corrected chi connectivity index (χ0v) is 10.9. The van der Waals surface area contributed by atoms with Gasteiger partial charge in [0.15, 0.2) is 0 Å². The van der Waals surface area contributed by atoms with E-state index in [0.717, 1.165) is 3.57 Å². The number of halogens is 1. The molecule has 0 spiro atoms. The highest BCUT2D eigenvalue weighted by Gasteiger charge is 2.02. The summed E-state index contributed by atoms with van der Waals surface area (Å²) < 4.78 is 6.60. The maximum atomic E-state index is 10.9. The van der Waals surface area contributed by atoms with Gasteiger partial charge in [-0.25, -0.2) is 4.98 Å². The zero-order valence-electron chi connectivity index (χ0n) is 8.76. The van der Waals surface area contributed by atoms with Gasteiger partial charge in [0.2, 0.25) is 11.8 Å². The minimum absolute atomic E-state index is 0.361. The Morgan fingerprint density at radius 3 is 2.71 bits per heavy atom. The van der Waals surface area contributed by atoms with Crippen LogP contribution in [0.4, 0.5) is 0 Å². The number of hydrogen-bond acceptors (Lipinski definition) is 3. The lowest BCUT2D eigenvalue weighted by Crippen LogP contribution is -2.10. The van der Waals surface area contributed by atoms with Crippen LogP contribution in [-0.4, -0.2) is 10.9 Å². The van der Waals surface area contributed by atoms with Crippen LogP contribution in [-0.2, 0) is 0 Å². The monoisotopic (exact) mass is 340 g/mol. The normalized spacial score (nSPS) is 9.94. The highest BCUT2D eigenvalue weighted by atomic mass is 127. The van der Waals surface area contributed by atoms with E-state index in [-0.39, 0.29) is 0 Å². The molecule has 1 aromatic carbocycles.